The number of allylic oxidation sites excluding steroid dienone is 4. The molecule has 0 amide bonds. The molecule has 18 heavy (non-hydrogen) atoms. The highest BCUT2D eigenvalue weighted by molar-refractivity contribution is 5.77. The third-order valence-electron chi connectivity index (χ3n) is 2.27. The number of benzene rings is 1. The van der Waals surface area contributed by atoms with Crippen LogP contribution >= 0.6 is 0 Å². The summed E-state index contributed by atoms with van der Waals surface area (Å²) in [5.41, 5.74) is 2.15. The summed E-state index contributed by atoms with van der Waals surface area (Å²) in [5.74, 6) is -0.250. The number of hydrogen-bond donors (Lipinski definition) is 0. The number of ether oxygens (including phenoxy) is 1. The number of aryl methyl sites for hydroxylation is 1. The third kappa shape index (κ3) is 3.80. The summed E-state index contributed by atoms with van der Waals surface area (Å²) in [6, 6.07) is 4.18. The lowest BCUT2D eigenvalue weighted by molar-refractivity contribution is -0.274. The minimum atomic E-state index is -4.69. The second-order valence-corrected chi connectivity index (χ2v) is 3.59. The maximum Gasteiger partial charge on any atom is 0.573 e. The van der Waals surface area contributed by atoms with Crippen molar-refractivity contribution in [3.8, 4) is 5.75 Å². The normalized spacial score (nSPS) is 12.1. The van der Waals surface area contributed by atoms with Crippen molar-refractivity contribution < 1.29 is 17.9 Å². The lowest BCUT2D eigenvalue weighted by Gasteiger charge is -2.12. The Morgan fingerprint density at radius 1 is 1.28 bits per heavy atom. The van der Waals surface area contributed by atoms with Gasteiger partial charge < -0.3 is 4.74 Å². The Hall–Kier alpha value is -1.97. The summed E-state index contributed by atoms with van der Waals surface area (Å²) in [5, 5.41) is 0. The molecule has 0 saturated heterocycles. The van der Waals surface area contributed by atoms with Crippen molar-refractivity contribution in [1.29, 1.82) is 0 Å². The molecule has 0 aliphatic rings. The molecule has 1 aromatic carbocycles. The highest BCUT2D eigenvalue weighted by atomic mass is 19.4. The second kappa shape index (κ2) is 5.58. The van der Waals surface area contributed by atoms with Gasteiger partial charge in [0.15, 0.2) is 0 Å². The fourth-order valence-corrected chi connectivity index (χ4v) is 1.50. The van der Waals surface area contributed by atoms with Crippen LogP contribution in [0.4, 0.5) is 13.2 Å². The number of rotatable bonds is 4. The Kier molecular flexibility index (Phi) is 4.37. The van der Waals surface area contributed by atoms with E-state index in [1.165, 1.54) is 12.1 Å². The van der Waals surface area contributed by atoms with Gasteiger partial charge in [-0.15, -0.1) is 13.2 Å². The molecule has 1 aromatic rings. The Bertz CT molecular complexity index is 484. The highest BCUT2D eigenvalue weighted by Gasteiger charge is 2.31. The topological polar surface area (TPSA) is 9.23 Å². The molecule has 0 fully saturated rings. The first-order valence-corrected chi connectivity index (χ1v) is 5.19. The summed E-state index contributed by atoms with van der Waals surface area (Å²) < 4.78 is 40.3. The Labute approximate surface area is 104 Å². The van der Waals surface area contributed by atoms with Gasteiger partial charge in [0.05, 0.1) is 0 Å². The van der Waals surface area contributed by atoms with Gasteiger partial charge in [0.2, 0.25) is 0 Å². The summed E-state index contributed by atoms with van der Waals surface area (Å²) >= 11 is 0. The van der Waals surface area contributed by atoms with Gasteiger partial charge in [-0.05, 0) is 35.8 Å². The van der Waals surface area contributed by atoms with E-state index in [0.717, 1.165) is 5.56 Å². The van der Waals surface area contributed by atoms with Gasteiger partial charge in [-0.2, -0.15) is 0 Å². The van der Waals surface area contributed by atoms with Crippen molar-refractivity contribution in [2.45, 2.75) is 13.3 Å². The number of alkyl halides is 3. The van der Waals surface area contributed by atoms with E-state index in [0.29, 0.717) is 11.1 Å². The molecular formula is C14H13F3O. The molecular weight excluding hydrogens is 241 g/mol. The molecule has 0 heterocycles. The maximum atomic E-state index is 12.1. The SMILES string of the molecule is C=C/C=C(\C=C)c1cc(OC(F)(F)F)ccc1C. The third-order valence-corrected chi connectivity index (χ3v) is 2.27. The van der Waals surface area contributed by atoms with E-state index in [-0.39, 0.29) is 5.75 Å². The molecule has 1 rings (SSSR count). The van der Waals surface area contributed by atoms with E-state index in [4.69, 9.17) is 0 Å². The molecule has 0 radical (unpaired) electrons. The minimum absolute atomic E-state index is 0.250. The molecule has 96 valence electrons. The molecule has 0 bridgehead atoms. The van der Waals surface area contributed by atoms with E-state index >= 15 is 0 Å². The van der Waals surface area contributed by atoms with Gasteiger partial charge in [0, 0.05) is 0 Å². The van der Waals surface area contributed by atoms with Crippen LogP contribution in [0.5, 0.6) is 5.75 Å². The zero-order chi connectivity index (χ0) is 13.8. The Morgan fingerprint density at radius 3 is 2.44 bits per heavy atom. The fraction of sp³-hybridized carbons (Fsp3) is 0.143. The van der Waals surface area contributed by atoms with Crippen LogP contribution in [-0.2, 0) is 0 Å². The van der Waals surface area contributed by atoms with Crippen molar-refractivity contribution in [3.63, 3.8) is 0 Å². The smallest absolute Gasteiger partial charge is 0.406 e. The molecule has 0 saturated carbocycles. The molecule has 4 heteroatoms. The van der Waals surface area contributed by atoms with Crippen molar-refractivity contribution >= 4 is 5.57 Å². The van der Waals surface area contributed by atoms with Crippen LogP contribution in [0.15, 0.2) is 49.6 Å². The number of halogens is 3. The maximum absolute atomic E-state index is 12.1. The van der Waals surface area contributed by atoms with Gasteiger partial charge in [0.25, 0.3) is 0 Å². The van der Waals surface area contributed by atoms with Gasteiger partial charge >= 0.3 is 6.36 Å². The Balaban J connectivity index is 3.20. The van der Waals surface area contributed by atoms with Crippen LogP contribution in [0.25, 0.3) is 5.57 Å². The van der Waals surface area contributed by atoms with Crippen LogP contribution in [0.2, 0.25) is 0 Å². The van der Waals surface area contributed by atoms with E-state index < -0.39 is 6.36 Å². The quantitative estimate of drug-likeness (QED) is 0.711. The van der Waals surface area contributed by atoms with Crippen molar-refractivity contribution in [2.75, 3.05) is 0 Å². The lowest BCUT2D eigenvalue weighted by Crippen LogP contribution is -2.17. The molecule has 0 aromatic heterocycles. The average Bonchev–Trinajstić information content (AvgIpc) is 2.27. The molecule has 0 spiro atoms. The highest BCUT2D eigenvalue weighted by Crippen LogP contribution is 2.28. The Morgan fingerprint density at radius 2 is 1.94 bits per heavy atom. The van der Waals surface area contributed by atoms with Crippen LogP contribution in [0, 0.1) is 6.92 Å². The van der Waals surface area contributed by atoms with Crippen LogP contribution in [-0.4, -0.2) is 6.36 Å². The molecule has 0 aliphatic carbocycles. The lowest BCUT2D eigenvalue weighted by atomic mass is 10.00. The zero-order valence-corrected chi connectivity index (χ0v) is 9.92. The van der Waals surface area contributed by atoms with Crippen molar-refractivity contribution in [2.24, 2.45) is 0 Å². The first-order chi connectivity index (χ1) is 8.37. The van der Waals surface area contributed by atoms with Crippen molar-refractivity contribution in [3.05, 3.63) is 60.7 Å². The van der Waals surface area contributed by atoms with Crippen molar-refractivity contribution in [1.82, 2.24) is 0 Å². The van der Waals surface area contributed by atoms with E-state index in [1.807, 2.05) is 0 Å². The molecule has 0 unspecified atom stereocenters. The number of hydrogen-bond acceptors (Lipinski definition) is 1. The first-order valence-electron chi connectivity index (χ1n) is 5.19. The largest absolute Gasteiger partial charge is 0.573 e. The molecule has 1 nitrogen and oxygen atoms in total. The van der Waals surface area contributed by atoms with Crippen LogP contribution < -0.4 is 4.74 Å². The average molecular weight is 254 g/mol. The minimum Gasteiger partial charge on any atom is -0.406 e. The molecule has 0 atom stereocenters. The summed E-state index contributed by atoms with van der Waals surface area (Å²) in [6.07, 6.45) is 0.0881. The summed E-state index contributed by atoms with van der Waals surface area (Å²) in [6.45, 7) is 8.97. The van der Waals surface area contributed by atoms with Gasteiger partial charge in [0.1, 0.15) is 5.75 Å². The van der Waals surface area contributed by atoms with Gasteiger partial charge in [-0.1, -0.05) is 37.5 Å². The predicted octanol–water partition coefficient (Wildman–Crippen LogP) is 4.65. The standard InChI is InChI=1S/C14H13F3O/c1-4-6-11(5-2)13-9-12(8-7-10(13)3)18-14(15,16)17/h4-9H,1-2H2,3H3/b11-6+. The van der Waals surface area contributed by atoms with Gasteiger partial charge in [-0.25, -0.2) is 0 Å². The first kappa shape index (κ1) is 14.1. The molecule has 0 aliphatic heterocycles. The van der Waals surface area contributed by atoms with E-state index in [2.05, 4.69) is 17.9 Å². The van der Waals surface area contributed by atoms with Crippen LogP contribution in [0.3, 0.4) is 0 Å². The predicted molar refractivity (Wildman–Crippen MR) is 66.2 cm³/mol. The molecule has 0 N–H and O–H groups in total. The summed E-state index contributed by atoms with van der Waals surface area (Å²) in [4.78, 5) is 0. The summed E-state index contributed by atoms with van der Waals surface area (Å²) in [7, 11) is 0. The van der Waals surface area contributed by atoms with E-state index in [1.54, 1.807) is 31.2 Å². The van der Waals surface area contributed by atoms with E-state index in [9.17, 15) is 13.2 Å². The second-order valence-electron chi connectivity index (χ2n) is 3.59. The fourth-order valence-electron chi connectivity index (χ4n) is 1.50. The zero-order valence-electron chi connectivity index (χ0n) is 9.92. The van der Waals surface area contributed by atoms with Gasteiger partial charge in [-0.3, -0.25) is 0 Å². The monoisotopic (exact) mass is 254 g/mol. The van der Waals surface area contributed by atoms with Crippen LogP contribution in [0.1, 0.15) is 11.1 Å².